The van der Waals surface area contributed by atoms with Crippen molar-refractivity contribution in [3.63, 3.8) is 0 Å². The maximum Gasteiger partial charge on any atom is 0.150 e. The van der Waals surface area contributed by atoms with E-state index >= 15 is 0 Å². The van der Waals surface area contributed by atoms with Crippen LogP contribution in [0.15, 0.2) is 36.5 Å². The van der Waals surface area contributed by atoms with Gasteiger partial charge >= 0.3 is 0 Å². The summed E-state index contributed by atoms with van der Waals surface area (Å²) in [6.45, 7) is 6.63. The first-order valence-electron chi connectivity index (χ1n) is 11.1. The number of anilines is 3. The number of fused-ring (bicyclic) bond motifs is 2. The standard InChI is InChI=1S/C25H26FN7/c1-14-8-9-18(26)25-24(14)17(15(2)29-25)10-11-27-21-12-22(31-16(3)30-21)33-23-13-28-19-6-4-5-7-20(19)32-23/h4-7,12-13,29H,8-11H2,1-3H3,(H2,27,30,31,32,33). The van der Waals surface area contributed by atoms with Gasteiger partial charge in [-0.3, -0.25) is 4.98 Å². The third-order valence-electron chi connectivity index (χ3n) is 5.96. The Hall–Kier alpha value is -3.81. The van der Waals surface area contributed by atoms with Gasteiger partial charge in [0.05, 0.1) is 22.6 Å². The third kappa shape index (κ3) is 4.28. The largest absolute Gasteiger partial charge is 0.370 e. The molecule has 33 heavy (non-hydrogen) atoms. The smallest absolute Gasteiger partial charge is 0.150 e. The molecule has 0 unspecified atom stereocenters. The van der Waals surface area contributed by atoms with Gasteiger partial charge in [0.1, 0.15) is 23.3 Å². The fourth-order valence-electron chi connectivity index (χ4n) is 4.38. The predicted octanol–water partition coefficient (Wildman–Crippen LogP) is 3.81. The van der Waals surface area contributed by atoms with E-state index in [-0.39, 0.29) is 5.83 Å². The number of aryl methyl sites for hydroxylation is 2. The highest BCUT2D eigenvalue weighted by Gasteiger charge is 2.15. The van der Waals surface area contributed by atoms with Crippen LogP contribution in [-0.2, 0) is 6.42 Å². The molecule has 0 atom stereocenters. The van der Waals surface area contributed by atoms with E-state index in [1.165, 1.54) is 11.1 Å². The summed E-state index contributed by atoms with van der Waals surface area (Å²) in [7, 11) is 0. The minimum absolute atomic E-state index is 0.0446. The molecule has 3 N–H and O–H groups in total. The summed E-state index contributed by atoms with van der Waals surface area (Å²) in [5.41, 5.74) is 5.09. The van der Waals surface area contributed by atoms with E-state index in [9.17, 15) is 4.39 Å². The number of hydrogen-bond acceptors (Lipinski definition) is 6. The van der Waals surface area contributed by atoms with Crippen LogP contribution in [0, 0.1) is 13.8 Å². The van der Waals surface area contributed by atoms with Gasteiger partial charge in [-0.25, -0.2) is 19.3 Å². The van der Waals surface area contributed by atoms with E-state index in [1.54, 1.807) is 6.20 Å². The maximum absolute atomic E-state index is 14.3. The number of hydrogen-bond donors (Lipinski definition) is 3. The van der Waals surface area contributed by atoms with Gasteiger partial charge in [-0.05, 0) is 51.3 Å². The Labute approximate surface area is 190 Å². The molecule has 0 spiro atoms. The molecule has 0 fully saturated rings. The summed E-state index contributed by atoms with van der Waals surface area (Å²) in [4.78, 5) is 21.3. The molecule has 0 amide bonds. The molecular formula is C25H26FN7. The van der Waals surface area contributed by atoms with Gasteiger partial charge < -0.3 is 15.6 Å². The molecule has 5 rings (SSSR count). The quantitative estimate of drug-likeness (QED) is 0.420. The van der Waals surface area contributed by atoms with Crippen LogP contribution in [0.5, 0.6) is 0 Å². The minimum atomic E-state index is -0.0446. The maximum atomic E-state index is 14.3. The molecule has 168 valence electrons. The number of H-pyrrole nitrogens is 1. The van der Waals surface area contributed by atoms with Gasteiger partial charge in [0, 0.05) is 29.9 Å². The first-order valence-corrected chi connectivity index (χ1v) is 11.1. The fourth-order valence-corrected chi connectivity index (χ4v) is 4.38. The van der Waals surface area contributed by atoms with Crippen molar-refractivity contribution in [2.45, 2.75) is 40.0 Å². The average Bonchev–Trinajstić information content (AvgIpc) is 3.13. The SMILES string of the molecule is CC1=c2c(CCNc3cc(Nc4cnc5ccccc5n4)nc(C)n3)c(C)[nH]c2=C(F)CC1. The zero-order chi connectivity index (χ0) is 22.9. The fraction of sp³-hybridized carbons (Fsp3) is 0.280. The van der Waals surface area contributed by atoms with Gasteiger partial charge in [-0.1, -0.05) is 17.7 Å². The Bertz CT molecular complexity index is 1470. The lowest BCUT2D eigenvalue weighted by Crippen LogP contribution is -2.32. The number of benzene rings is 1. The second kappa shape index (κ2) is 8.61. The van der Waals surface area contributed by atoms with Crippen LogP contribution in [0.1, 0.15) is 36.8 Å². The van der Waals surface area contributed by atoms with Crippen LogP contribution in [0.4, 0.5) is 21.8 Å². The molecule has 4 aromatic rings. The molecule has 0 saturated carbocycles. The molecule has 1 aliphatic rings. The molecule has 3 heterocycles. The highest BCUT2D eigenvalue weighted by molar-refractivity contribution is 5.75. The van der Waals surface area contributed by atoms with Crippen molar-refractivity contribution in [3.05, 3.63) is 64.2 Å². The Morgan fingerprint density at radius 3 is 2.61 bits per heavy atom. The van der Waals surface area contributed by atoms with Crippen molar-refractivity contribution in [1.82, 2.24) is 24.9 Å². The van der Waals surface area contributed by atoms with Crippen LogP contribution < -0.4 is 21.2 Å². The molecule has 1 aromatic carbocycles. The topological polar surface area (TPSA) is 91.4 Å². The van der Waals surface area contributed by atoms with Crippen LogP contribution in [0.2, 0.25) is 0 Å². The Kier molecular flexibility index (Phi) is 5.50. The van der Waals surface area contributed by atoms with Gasteiger partial charge in [0.2, 0.25) is 0 Å². The van der Waals surface area contributed by atoms with Crippen LogP contribution in [0.3, 0.4) is 0 Å². The van der Waals surface area contributed by atoms with Gasteiger partial charge in [0.15, 0.2) is 5.82 Å². The summed E-state index contributed by atoms with van der Waals surface area (Å²) >= 11 is 0. The van der Waals surface area contributed by atoms with E-state index in [0.717, 1.165) is 40.6 Å². The number of nitrogens with one attached hydrogen (secondary N) is 3. The van der Waals surface area contributed by atoms with Gasteiger partial charge in [0.25, 0.3) is 0 Å². The van der Waals surface area contributed by atoms with Crippen molar-refractivity contribution >= 4 is 39.9 Å². The number of rotatable bonds is 6. The predicted molar refractivity (Wildman–Crippen MR) is 129 cm³/mol. The van der Waals surface area contributed by atoms with E-state index in [2.05, 4.69) is 42.5 Å². The molecular weight excluding hydrogens is 417 g/mol. The molecule has 0 bridgehead atoms. The number of para-hydroxylation sites is 2. The zero-order valence-electron chi connectivity index (χ0n) is 19.0. The summed E-state index contributed by atoms with van der Waals surface area (Å²) in [5.74, 6) is 2.59. The van der Waals surface area contributed by atoms with Crippen molar-refractivity contribution in [3.8, 4) is 0 Å². The lowest BCUT2D eigenvalue weighted by molar-refractivity contribution is 0.687. The molecule has 0 saturated heterocycles. The lowest BCUT2D eigenvalue weighted by atomic mass is 10.00. The molecule has 8 heteroatoms. The van der Waals surface area contributed by atoms with Gasteiger partial charge in [-0.15, -0.1) is 0 Å². The van der Waals surface area contributed by atoms with E-state index in [1.807, 2.05) is 44.2 Å². The number of aromatic nitrogens is 5. The van der Waals surface area contributed by atoms with Crippen LogP contribution in [0.25, 0.3) is 22.4 Å². The van der Waals surface area contributed by atoms with Gasteiger partial charge in [-0.2, -0.15) is 0 Å². The zero-order valence-corrected chi connectivity index (χ0v) is 19.0. The Morgan fingerprint density at radius 2 is 1.76 bits per heavy atom. The van der Waals surface area contributed by atoms with Crippen LogP contribution >= 0.6 is 0 Å². The molecule has 7 nitrogen and oxygen atoms in total. The normalized spacial score (nSPS) is 13.3. The van der Waals surface area contributed by atoms with Crippen molar-refractivity contribution in [1.29, 1.82) is 0 Å². The molecule has 0 radical (unpaired) electrons. The number of aromatic amines is 1. The summed E-state index contributed by atoms with van der Waals surface area (Å²) in [6, 6.07) is 9.59. The van der Waals surface area contributed by atoms with Crippen molar-refractivity contribution in [2.75, 3.05) is 17.2 Å². The molecule has 3 aromatic heterocycles. The molecule has 1 aliphatic carbocycles. The second-order valence-corrected chi connectivity index (χ2v) is 8.40. The minimum Gasteiger partial charge on any atom is -0.370 e. The lowest BCUT2D eigenvalue weighted by Gasteiger charge is -2.11. The monoisotopic (exact) mass is 443 g/mol. The summed E-state index contributed by atoms with van der Waals surface area (Å²) < 4.78 is 14.3. The number of halogens is 1. The van der Waals surface area contributed by atoms with Crippen molar-refractivity contribution in [2.24, 2.45) is 0 Å². The first kappa shape index (κ1) is 21.1. The van der Waals surface area contributed by atoms with Crippen LogP contribution in [-0.4, -0.2) is 31.5 Å². The summed E-state index contributed by atoms with van der Waals surface area (Å²) in [5, 5.41) is 8.32. The number of nitrogens with zero attached hydrogens (tertiary/aromatic N) is 4. The third-order valence-corrected chi connectivity index (χ3v) is 5.96. The summed E-state index contributed by atoms with van der Waals surface area (Å²) in [6.07, 6.45) is 3.71. The average molecular weight is 444 g/mol. The molecule has 0 aliphatic heterocycles. The van der Waals surface area contributed by atoms with E-state index in [4.69, 9.17) is 0 Å². The van der Waals surface area contributed by atoms with E-state index in [0.29, 0.717) is 35.8 Å². The Balaban J connectivity index is 1.33. The van der Waals surface area contributed by atoms with Crippen molar-refractivity contribution < 1.29 is 4.39 Å². The highest BCUT2D eigenvalue weighted by Crippen LogP contribution is 2.19. The second-order valence-electron chi connectivity index (χ2n) is 8.40. The first-order chi connectivity index (χ1) is 16.0. The van der Waals surface area contributed by atoms with E-state index < -0.39 is 0 Å². The Morgan fingerprint density at radius 1 is 0.970 bits per heavy atom. The highest BCUT2D eigenvalue weighted by atomic mass is 19.1.